The standard InChI is InChI=1S/C17H26N2O4S/c1-22-15-7-8-17(16(13-15)23-2)24(20,21)19-11-9-18(10-12-19)14-5-3-4-6-14/h7-8,13-14H,3-6,9-12H2,1-2H3. The molecule has 0 aromatic heterocycles. The predicted molar refractivity (Wildman–Crippen MR) is 92.1 cm³/mol. The van der Waals surface area contributed by atoms with Crippen LogP contribution >= 0.6 is 0 Å². The Bertz CT molecular complexity index is 663. The van der Waals surface area contributed by atoms with Crippen molar-refractivity contribution < 1.29 is 17.9 Å². The van der Waals surface area contributed by atoms with E-state index in [1.54, 1.807) is 29.6 Å². The molecular weight excluding hydrogens is 328 g/mol. The van der Waals surface area contributed by atoms with Crippen LogP contribution in [-0.4, -0.2) is 64.1 Å². The highest BCUT2D eigenvalue weighted by Gasteiger charge is 2.33. The zero-order chi connectivity index (χ0) is 17.2. The summed E-state index contributed by atoms with van der Waals surface area (Å²) >= 11 is 0. The van der Waals surface area contributed by atoms with Gasteiger partial charge in [0.1, 0.15) is 16.4 Å². The number of hydrogen-bond donors (Lipinski definition) is 0. The highest BCUT2D eigenvalue weighted by molar-refractivity contribution is 7.89. The van der Waals surface area contributed by atoms with Crippen LogP contribution in [0, 0.1) is 0 Å². The number of piperazine rings is 1. The van der Waals surface area contributed by atoms with Gasteiger partial charge in [0.15, 0.2) is 0 Å². The summed E-state index contributed by atoms with van der Waals surface area (Å²) in [5.74, 6) is 0.907. The third kappa shape index (κ3) is 3.38. The monoisotopic (exact) mass is 354 g/mol. The largest absolute Gasteiger partial charge is 0.497 e. The van der Waals surface area contributed by atoms with Gasteiger partial charge in [-0.15, -0.1) is 0 Å². The van der Waals surface area contributed by atoms with Crippen LogP contribution in [-0.2, 0) is 10.0 Å². The van der Waals surface area contributed by atoms with Crippen molar-refractivity contribution in [2.24, 2.45) is 0 Å². The molecule has 1 aromatic carbocycles. The van der Waals surface area contributed by atoms with Crippen LogP contribution in [0.5, 0.6) is 11.5 Å². The third-order valence-corrected chi connectivity index (χ3v) is 7.04. The molecule has 0 radical (unpaired) electrons. The zero-order valence-electron chi connectivity index (χ0n) is 14.4. The molecule has 1 saturated carbocycles. The lowest BCUT2D eigenvalue weighted by molar-refractivity contribution is 0.139. The summed E-state index contributed by atoms with van der Waals surface area (Å²) in [6.45, 7) is 2.69. The van der Waals surface area contributed by atoms with Crippen LogP contribution in [0.25, 0.3) is 0 Å². The number of benzene rings is 1. The Labute approximate surface area is 144 Å². The van der Waals surface area contributed by atoms with Crippen molar-refractivity contribution in [2.45, 2.75) is 36.6 Å². The van der Waals surface area contributed by atoms with Gasteiger partial charge in [-0.05, 0) is 25.0 Å². The number of methoxy groups -OCH3 is 2. The van der Waals surface area contributed by atoms with Gasteiger partial charge in [-0.25, -0.2) is 8.42 Å². The Morgan fingerprint density at radius 2 is 1.67 bits per heavy atom. The van der Waals surface area contributed by atoms with Gasteiger partial charge in [0.2, 0.25) is 10.0 Å². The SMILES string of the molecule is COc1ccc(S(=O)(=O)N2CCN(C3CCCC3)CC2)c(OC)c1. The van der Waals surface area contributed by atoms with Crippen LogP contribution in [0.4, 0.5) is 0 Å². The quantitative estimate of drug-likeness (QED) is 0.809. The zero-order valence-corrected chi connectivity index (χ0v) is 15.2. The number of sulfonamides is 1. The summed E-state index contributed by atoms with van der Waals surface area (Å²) in [7, 11) is -0.526. The smallest absolute Gasteiger partial charge is 0.246 e. The van der Waals surface area contributed by atoms with Crippen molar-refractivity contribution in [1.82, 2.24) is 9.21 Å². The topological polar surface area (TPSA) is 59.1 Å². The second-order valence-corrected chi connectivity index (χ2v) is 8.30. The van der Waals surface area contributed by atoms with E-state index in [2.05, 4.69) is 4.90 Å². The Balaban J connectivity index is 1.74. The Kier molecular flexibility index (Phi) is 5.32. The van der Waals surface area contributed by atoms with E-state index in [9.17, 15) is 8.42 Å². The minimum atomic E-state index is -3.55. The van der Waals surface area contributed by atoms with Gasteiger partial charge in [0.05, 0.1) is 14.2 Å². The van der Waals surface area contributed by atoms with Gasteiger partial charge >= 0.3 is 0 Å². The molecule has 0 spiro atoms. The first kappa shape index (κ1) is 17.5. The van der Waals surface area contributed by atoms with Gasteiger partial charge in [-0.3, -0.25) is 4.90 Å². The Morgan fingerprint density at radius 3 is 2.25 bits per heavy atom. The average Bonchev–Trinajstić information content (AvgIpc) is 3.15. The fourth-order valence-electron chi connectivity index (χ4n) is 3.71. The van der Waals surface area contributed by atoms with Gasteiger partial charge in [-0.2, -0.15) is 4.31 Å². The maximum absolute atomic E-state index is 13.0. The molecule has 1 aliphatic carbocycles. The second kappa shape index (κ2) is 7.29. The van der Waals surface area contributed by atoms with E-state index in [0.29, 0.717) is 30.6 Å². The molecule has 24 heavy (non-hydrogen) atoms. The number of hydrogen-bond acceptors (Lipinski definition) is 5. The maximum Gasteiger partial charge on any atom is 0.246 e. The minimum Gasteiger partial charge on any atom is -0.497 e. The maximum atomic E-state index is 13.0. The summed E-state index contributed by atoms with van der Waals surface area (Å²) < 4.78 is 38.0. The van der Waals surface area contributed by atoms with Crippen LogP contribution in [0.3, 0.4) is 0 Å². The molecule has 134 valence electrons. The van der Waals surface area contributed by atoms with Crippen LogP contribution in [0.15, 0.2) is 23.1 Å². The van der Waals surface area contributed by atoms with Crippen molar-refractivity contribution >= 4 is 10.0 Å². The van der Waals surface area contributed by atoms with E-state index in [1.165, 1.54) is 32.8 Å². The van der Waals surface area contributed by atoms with Gasteiger partial charge in [-0.1, -0.05) is 12.8 Å². The van der Waals surface area contributed by atoms with Crippen molar-refractivity contribution in [3.63, 3.8) is 0 Å². The normalized spacial score (nSPS) is 21.1. The lowest BCUT2D eigenvalue weighted by Gasteiger charge is -2.37. The Morgan fingerprint density at radius 1 is 1.00 bits per heavy atom. The molecule has 0 atom stereocenters. The number of ether oxygens (including phenoxy) is 2. The first-order valence-electron chi connectivity index (χ1n) is 8.52. The number of nitrogens with zero attached hydrogens (tertiary/aromatic N) is 2. The average molecular weight is 354 g/mol. The molecule has 0 amide bonds. The van der Waals surface area contributed by atoms with Crippen LogP contribution < -0.4 is 9.47 Å². The summed E-state index contributed by atoms with van der Waals surface area (Å²) in [6.07, 6.45) is 5.09. The molecule has 0 N–H and O–H groups in total. The van der Waals surface area contributed by atoms with E-state index >= 15 is 0 Å². The fraction of sp³-hybridized carbons (Fsp3) is 0.647. The molecule has 2 aliphatic rings. The van der Waals surface area contributed by atoms with Gasteiger partial charge in [0.25, 0.3) is 0 Å². The van der Waals surface area contributed by atoms with Crippen molar-refractivity contribution in [2.75, 3.05) is 40.4 Å². The molecule has 3 rings (SSSR count). The van der Waals surface area contributed by atoms with Gasteiger partial charge in [0, 0.05) is 38.3 Å². The highest BCUT2D eigenvalue weighted by atomic mass is 32.2. The summed E-state index contributed by atoms with van der Waals surface area (Å²) in [5.41, 5.74) is 0. The van der Waals surface area contributed by atoms with Gasteiger partial charge < -0.3 is 9.47 Å². The third-order valence-electron chi connectivity index (χ3n) is 5.10. The van der Waals surface area contributed by atoms with Crippen LogP contribution in [0.2, 0.25) is 0 Å². The Hall–Kier alpha value is -1.31. The van der Waals surface area contributed by atoms with E-state index in [0.717, 1.165) is 13.1 Å². The van der Waals surface area contributed by atoms with E-state index in [4.69, 9.17) is 9.47 Å². The van der Waals surface area contributed by atoms with Crippen molar-refractivity contribution in [1.29, 1.82) is 0 Å². The molecule has 2 fully saturated rings. The molecule has 6 nitrogen and oxygen atoms in total. The van der Waals surface area contributed by atoms with Crippen molar-refractivity contribution in [3.05, 3.63) is 18.2 Å². The molecule has 1 saturated heterocycles. The molecular formula is C17H26N2O4S. The van der Waals surface area contributed by atoms with E-state index in [1.807, 2.05) is 0 Å². The lowest BCUT2D eigenvalue weighted by atomic mass is 10.2. The number of rotatable bonds is 5. The van der Waals surface area contributed by atoms with E-state index < -0.39 is 10.0 Å². The molecule has 0 bridgehead atoms. The first-order valence-corrected chi connectivity index (χ1v) is 9.96. The van der Waals surface area contributed by atoms with Crippen LogP contribution in [0.1, 0.15) is 25.7 Å². The predicted octanol–water partition coefficient (Wildman–Crippen LogP) is 1.95. The first-order chi connectivity index (χ1) is 11.6. The summed E-state index contributed by atoms with van der Waals surface area (Å²) in [6, 6.07) is 5.48. The molecule has 1 aliphatic heterocycles. The fourth-order valence-corrected chi connectivity index (χ4v) is 5.26. The summed E-state index contributed by atoms with van der Waals surface area (Å²) in [4.78, 5) is 2.66. The molecule has 0 unspecified atom stereocenters. The minimum absolute atomic E-state index is 0.208. The lowest BCUT2D eigenvalue weighted by Crippen LogP contribution is -2.51. The molecule has 1 aromatic rings. The molecule has 1 heterocycles. The highest BCUT2D eigenvalue weighted by Crippen LogP contribution is 2.32. The second-order valence-electron chi connectivity index (χ2n) is 6.40. The van der Waals surface area contributed by atoms with E-state index in [-0.39, 0.29) is 4.90 Å². The summed E-state index contributed by atoms with van der Waals surface area (Å²) in [5, 5.41) is 0. The molecule has 7 heteroatoms. The van der Waals surface area contributed by atoms with Crippen molar-refractivity contribution in [3.8, 4) is 11.5 Å².